The van der Waals surface area contributed by atoms with Crippen LogP contribution in [0.4, 0.5) is 10.8 Å². The Kier molecular flexibility index (Phi) is 6.06. The number of thiazole rings is 1. The van der Waals surface area contributed by atoms with Gasteiger partial charge in [0.25, 0.3) is 11.8 Å². The number of fused-ring (bicyclic) bond motifs is 1. The lowest BCUT2D eigenvalue weighted by atomic mass is 10.1. The highest BCUT2D eigenvalue weighted by molar-refractivity contribution is 7.14. The highest BCUT2D eigenvalue weighted by Gasteiger charge is 2.36. The Hall–Kier alpha value is -3.85. The van der Waals surface area contributed by atoms with Crippen molar-refractivity contribution in [1.82, 2.24) is 9.88 Å². The highest BCUT2D eigenvalue weighted by atomic mass is 32.1. The monoisotopic (exact) mass is 463 g/mol. The van der Waals surface area contributed by atoms with Gasteiger partial charge in [-0.3, -0.25) is 29.0 Å². The first-order valence-corrected chi connectivity index (χ1v) is 11.1. The third kappa shape index (κ3) is 4.40. The number of carbonyl (C=O) groups excluding carboxylic acids is 4. The van der Waals surface area contributed by atoms with Gasteiger partial charge < -0.3 is 4.74 Å². The van der Waals surface area contributed by atoms with Crippen LogP contribution in [0.3, 0.4) is 0 Å². The van der Waals surface area contributed by atoms with Crippen LogP contribution < -0.4 is 4.90 Å². The molecule has 0 aliphatic carbocycles. The van der Waals surface area contributed by atoms with Gasteiger partial charge in [-0.05, 0) is 49.2 Å². The van der Waals surface area contributed by atoms with E-state index in [2.05, 4.69) is 4.98 Å². The quantitative estimate of drug-likeness (QED) is 0.408. The van der Waals surface area contributed by atoms with Gasteiger partial charge in [0.15, 0.2) is 5.13 Å². The molecule has 1 aliphatic heterocycles. The number of benzene rings is 2. The number of imide groups is 1. The second kappa shape index (κ2) is 8.95. The van der Waals surface area contributed by atoms with Crippen molar-refractivity contribution >= 4 is 45.8 Å². The van der Waals surface area contributed by atoms with Gasteiger partial charge >= 0.3 is 5.97 Å². The minimum absolute atomic E-state index is 0.142. The first-order chi connectivity index (χ1) is 15.8. The molecule has 1 aromatic heterocycles. The van der Waals surface area contributed by atoms with Gasteiger partial charge in [-0.1, -0.05) is 18.2 Å². The number of rotatable bonds is 6. The maximum absolute atomic E-state index is 12.4. The number of aryl methyl sites for hydroxylation is 2. The molecule has 9 heteroatoms. The van der Waals surface area contributed by atoms with Crippen molar-refractivity contribution in [1.29, 1.82) is 0 Å². The fourth-order valence-electron chi connectivity index (χ4n) is 3.47. The number of hydrogen-bond donors (Lipinski definition) is 0. The first kappa shape index (κ1) is 22.3. The van der Waals surface area contributed by atoms with Crippen LogP contribution >= 0.6 is 11.3 Å². The van der Waals surface area contributed by atoms with E-state index in [0.29, 0.717) is 16.5 Å². The first-order valence-electron chi connectivity index (χ1n) is 10.2. The molecular weight excluding hydrogens is 442 g/mol. The highest BCUT2D eigenvalue weighted by Crippen LogP contribution is 2.30. The van der Waals surface area contributed by atoms with E-state index in [-0.39, 0.29) is 23.6 Å². The Labute approximate surface area is 194 Å². The van der Waals surface area contributed by atoms with Gasteiger partial charge in [0.05, 0.1) is 22.5 Å². The molecular formula is C24H21N3O5S. The molecule has 2 heterocycles. The molecule has 0 atom stereocenters. The fraction of sp³-hybridized carbons (Fsp3) is 0.208. The predicted molar refractivity (Wildman–Crippen MR) is 122 cm³/mol. The molecule has 0 fully saturated rings. The second-order valence-corrected chi connectivity index (χ2v) is 8.48. The normalized spacial score (nSPS) is 12.6. The third-order valence-electron chi connectivity index (χ3n) is 5.34. The Morgan fingerprint density at radius 3 is 2.30 bits per heavy atom. The smallest absolute Gasteiger partial charge is 0.326 e. The third-order valence-corrected chi connectivity index (χ3v) is 6.22. The lowest BCUT2D eigenvalue weighted by Crippen LogP contribution is -2.35. The number of ether oxygens (including phenoxy) is 1. The molecule has 4 rings (SSSR count). The second-order valence-electron chi connectivity index (χ2n) is 7.65. The Balaban J connectivity index is 1.41. The summed E-state index contributed by atoms with van der Waals surface area (Å²) >= 11 is 1.25. The van der Waals surface area contributed by atoms with Crippen LogP contribution in [-0.2, 0) is 20.9 Å². The van der Waals surface area contributed by atoms with Gasteiger partial charge in [-0.2, -0.15) is 0 Å². The van der Waals surface area contributed by atoms with Crippen molar-refractivity contribution in [2.24, 2.45) is 0 Å². The minimum Gasteiger partial charge on any atom is -0.458 e. The summed E-state index contributed by atoms with van der Waals surface area (Å²) in [7, 11) is 0. The number of amides is 3. The lowest BCUT2D eigenvalue weighted by molar-refractivity contribution is -0.145. The van der Waals surface area contributed by atoms with Gasteiger partial charge in [-0.25, -0.2) is 4.98 Å². The molecule has 0 saturated heterocycles. The average molecular weight is 464 g/mol. The largest absolute Gasteiger partial charge is 0.458 e. The van der Waals surface area contributed by atoms with Crippen molar-refractivity contribution in [2.75, 3.05) is 11.4 Å². The zero-order chi connectivity index (χ0) is 23.7. The SMILES string of the molecule is CC(=O)N(c1ccc(C)c(C)c1)c1nc(COC(=O)CN2C(=O)c3ccccc3C2=O)cs1. The summed E-state index contributed by atoms with van der Waals surface area (Å²) in [5.41, 5.74) is 3.88. The standard InChI is InChI=1S/C24H21N3O5S/c1-14-8-9-18(10-15(14)2)27(16(3)28)24-25-17(13-33-24)12-32-21(29)11-26-22(30)19-6-4-5-7-20(19)23(26)31/h4-10,13H,11-12H2,1-3H3. The maximum Gasteiger partial charge on any atom is 0.326 e. The average Bonchev–Trinajstić information content (AvgIpc) is 3.34. The summed E-state index contributed by atoms with van der Waals surface area (Å²) in [5.74, 6) is -1.96. The van der Waals surface area contributed by atoms with E-state index in [1.54, 1.807) is 29.6 Å². The van der Waals surface area contributed by atoms with E-state index in [1.165, 1.54) is 23.2 Å². The van der Waals surface area contributed by atoms with Crippen LogP contribution in [-0.4, -0.2) is 40.1 Å². The zero-order valence-corrected chi connectivity index (χ0v) is 19.1. The van der Waals surface area contributed by atoms with E-state index in [9.17, 15) is 19.2 Å². The topological polar surface area (TPSA) is 96.9 Å². The van der Waals surface area contributed by atoms with Gasteiger partial charge in [0.1, 0.15) is 13.2 Å². The van der Waals surface area contributed by atoms with E-state index >= 15 is 0 Å². The van der Waals surface area contributed by atoms with Gasteiger partial charge in [0.2, 0.25) is 5.91 Å². The summed E-state index contributed by atoms with van der Waals surface area (Å²) in [5, 5.41) is 2.15. The van der Waals surface area contributed by atoms with Gasteiger partial charge in [0, 0.05) is 12.3 Å². The Morgan fingerprint density at radius 2 is 1.70 bits per heavy atom. The van der Waals surface area contributed by atoms with E-state index in [1.807, 2.05) is 32.0 Å². The zero-order valence-electron chi connectivity index (χ0n) is 18.3. The number of nitrogens with zero attached hydrogens (tertiary/aromatic N) is 3. The molecule has 0 saturated carbocycles. The minimum atomic E-state index is -0.725. The predicted octanol–water partition coefficient (Wildman–Crippen LogP) is 3.78. The fourth-order valence-corrected chi connectivity index (χ4v) is 4.34. The number of carbonyl (C=O) groups is 4. The lowest BCUT2D eigenvalue weighted by Gasteiger charge is -2.19. The number of aromatic nitrogens is 1. The molecule has 2 aromatic carbocycles. The molecule has 1 aliphatic rings. The molecule has 8 nitrogen and oxygen atoms in total. The molecule has 3 aromatic rings. The van der Waals surface area contributed by atoms with Crippen LogP contribution in [0.15, 0.2) is 47.8 Å². The van der Waals surface area contributed by atoms with Crippen molar-refractivity contribution in [3.63, 3.8) is 0 Å². The molecule has 3 amide bonds. The molecule has 0 N–H and O–H groups in total. The van der Waals surface area contributed by atoms with E-state index < -0.39 is 24.3 Å². The van der Waals surface area contributed by atoms with Gasteiger partial charge in [-0.15, -0.1) is 11.3 Å². The van der Waals surface area contributed by atoms with Crippen LogP contribution in [0.1, 0.15) is 44.5 Å². The van der Waals surface area contributed by atoms with Crippen molar-refractivity contribution in [2.45, 2.75) is 27.4 Å². The van der Waals surface area contributed by atoms with Crippen LogP contribution in [0.2, 0.25) is 0 Å². The maximum atomic E-state index is 12.4. The number of hydrogen-bond acceptors (Lipinski definition) is 7. The Bertz CT molecular complexity index is 1250. The van der Waals surface area contributed by atoms with Crippen LogP contribution in [0.25, 0.3) is 0 Å². The van der Waals surface area contributed by atoms with Crippen molar-refractivity contribution < 1.29 is 23.9 Å². The van der Waals surface area contributed by atoms with Crippen molar-refractivity contribution in [3.8, 4) is 0 Å². The van der Waals surface area contributed by atoms with Crippen LogP contribution in [0, 0.1) is 13.8 Å². The Morgan fingerprint density at radius 1 is 1.03 bits per heavy atom. The van der Waals surface area contributed by atoms with Crippen molar-refractivity contribution in [3.05, 3.63) is 75.8 Å². The summed E-state index contributed by atoms with van der Waals surface area (Å²) < 4.78 is 5.24. The summed E-state index contributed by atoms with van der Waals surface area (Å²) in [6.07, 6.45) is 0. The molecule has 168 valence electrons. The molecule has 33 heavy (non-hydrogen) atoms. The summed E-state index contributed by atoms with van der Waals surface area (Å²) in [4.78, 5) is 56.2. The molecule has 0 bridgehead atoms. The van der Waals surface area contributed by atoms with E-state index in [4.69, 9.17) is 4.74 Å². The number of anilines is 2. The molecule has 0 spiro atoms. The van der Waals surface area contributed by atoms with Crippen LogP contribution in [0.5, 0.6) is 0 Å². The van der Waals surface area contributed by atoms with E-state index in [0.717, 1.165) is 16.0 Å². The summed E-state index contributed by atoms with van der Waals surface area (Å²) in [6.45, 7) is 4.80. The number of esters is 1. The molecule has 0 radical (unpaired) electrons. The summed E-state index contributed by atoms with van der Waals surface area (Å²) in [6, 6.07) is 12.1. The molecule has 0 unspecified atom stereocenters.